The number of rotatable bonds is 8. The van der Waals surface area contributed by atoms with Crippen molar-refractivity contribution in [2.24, 2.45) is 0 Å². The molecule has 0 unspecified atom stereocenters. The highest BCUT2D eigenvalue weighted by Crippen LogP contribution is 2.09. The number of aromatic nitrogens is 1. The number of carbonyl (C=O) groups excluding carboxylic acids is 1. The van der Waals surface area contributed by atoms with Crippen molar-refractivity contribution in [3.63, 3.8) is 0 Å². The number of amides is 1. The molecule has 0 spiro atoms. The number of hydrogen-bond donors (Lipinski definition) is 2. The molecule has 2 rings (SSSR count). The van der Waals surface area contributed by atoms with Crippen LogP contribution in [-0.4, -0.2) is 17.4 Å². The van der Waals surface area contributed by atoms with E-state index in [0.717, 1.165) is 25.0 Å². The van der Waals surface area contributed by atoms with E-state index < -0.39 is 0 Å². The summed E-state index contributed by atoms with van der Waals surface area (Å²) in [6.07, 6.45) is 6.55. The van der Waals surface area contributed by atoms with Gasteiger partial charge in [0.05, 0.1) is 12.8 Å². The van der Waals surface area contributed by atoms with Gasteiger partial charge in [0.25, 0.3) is 5.91 Å². The Bertz CT molecular complexity index is 552. The summed E-state index contributed by atoms with van der Waals surface area (Å²) in [5.41, 5.74) is 0.614. The first-order valence-electron chi connectivity index (χ1n) is 7.30. The predicted molar refractivity (Wildman–Crippen MR) is 82.1 cm³/mol. The lowest BCUT2D eigenvalue weighted by molar-refractivity contribution is 0.0953. The van der Waals surface area contributed by atoms with Gasteiger partial charge in [-0.1, -0.05) is 19.8 Å². The molecule has 0 fully saturated rings. The fraction of sp³-hybridized carbons (Fsp3) is 0.375. The van der Waals surface area contributed by atoms with Crippen LogP contribution in [0.25, 0.3) is 0 Å². The standard InChI is InChI=1S/C16H21N3O2/c1-2-3-4-8-18-16(20)13-7-9-17-15(11-13)19-12-14-6-5-10-21-14/h5-7,9-11H,2-4,8,12H2,1H3,(H,17,19)(H,18,20). The Balaban J connectivity index is 1.86. The lowest BCUT2D eigenvalue weighted by atomic mass is 10.2. The minimum atomic E-state index is -0.0606. The zero-order chi connectivity index (χ0) is 14.9. The number of unbranched alkanes of at least 4 members (excludes halogenated alkanes) is 2. The van der Waals surface area contributed by atoms with E-state index in [0.29, 0.717) is 24.5 Å². The molecule has 5 nitrogen and oxygen atoms in total. The third kappa shape index (κ3) is 4.95. The van der Waals surface area contributed by atoms with Gasteiger partial charge in [-0.25, -0.2) is 4.98 Å². The molecule has 0 saturated heterocycles. The molecule has 5 heteroatoms. The maximum Gasteiger partial charge on any atom is 0.251 e. The van der Waals surface area contributed by atoms with Gasteiger partial charge in [-0.2, -0.15) is 0 Å². The van der Waals surface area contributed by atoms with Gasteiger partial charge in [-0.15, -0.1) is 0 Å². The molecule has 21 heavy (non-hydrogen) atoms. The molecule has 1 amide bonds. The molecule has 0 atom stereocenters. The smallest absolute Gasteiger partial charge is 0.251 e. The predicted octanol–water partition coefficient (Wildman–Crippen LogP) is 3.21. The Morgan fingerprint density at radius 3 is 3.00 bits per heavy atom. The Morgan fingerprint density at radius 1 is 1.33 bits per heavy atom. The van der Waals surface area contributed by atoms with Gasteiger partial charge in [0.1, 0.15) is 11.6 Å². The van der Waals surface area contributed by atoms with Gasteiger partial charge in [0, 0.05) is 18.3 Å². The molecular formula is C16H21N3O2. The van der Waals surface area contributed by atoms with Crippen molar-refractivity contribution in [2.45, 2.75) is 32.7 Å². The number of carbonyl (C=O) groups is 1. The van der Waals surface area contributed by atoms with E-state index >= 15 is 0 Å². The van der Waals surface area contributed by atoms with Crippen LogP contribution in [0.4, 0.5) is 5.82 Å². The lowest BCUT2D eigenvalue weighted by Gasteiger charge is -2.07. The molecule has 0 aliphatic heterocycles. The molecule has 0 saturated carbocycles. The quantitative estimate of drug-likeness (QED) is 0.732. The number of hydrogen-bond acceptors (Lipinski definition) is 4. The van der Waals surface area contributed by atoms with E-state index in [1.165, 1.54) is 0 Å². The van der Waals surface area contributed by atoms with Crippen LogP contribution in [0.3, 0.4) is 0 Å². The number of nitrogens with one attached hydrogen (secondary N) is 2. The number of pyridine rings is 1. The third-order valence-electron chi connectivity index (χ3n) is 3.11. The largest absolute Gasteiger partial charge is 0.467 e. The summed E-state index contributed by atoms with van der Waals surface area (Å²) in [5, 5.41) is 6.05. The van der Waals surface area contributed by atoms with Crippen LogP contribution in [0.15, 0.2) is 41.1 Å². The lowest BCUT2D eigenvalue weighted by Crippen LogP contribution is -2.24. The van der Waals surface area contributed by atoms with E-state index in [-0.39, 0.29) is 5.91 Å². The highest BCUT2D eigenvalue weighted by atomic mass is 16.3. The fourth-order valence-electron chi connectivity index (χ4n) is 1.94. The molecule has 2 aromatic rings. The zero-order valence-corrected chi connectivity index (χ0v) is 12.3. The summed E-state index contributed by atoms with van der Waals surface area (Å²) in [4.78, 5) is 16.2. The van der Waals surface area contributed by atoms with Crippen molar-refractivity contribution in [2.75, 3.05) is 11.9 Å². The first kappa shape index (κ1) is 15.1. The second-order valence-electron chi connectivity index (χ2n) is 4.83. The van der Waals surface area contributed by atoms with E-state index in [1.807, 2.05) is 12.1 Å². The third-order valence-corrected chi connectivity index (χ3v) is 3.11. The monoisotopic (exact) mass is 287 g/mol. The van der Waals surface area contributed by atoms with Gasteiger partial charge < -0.3 is 15.1 Å². The summed E-state index contributed by atoms with van der Waals surface area (Å²) in [7, 11) is 0. The van der Waals surface area contributed by atoms with Crippen molar-refractivity contribution in [3.8, 4) is 0 Å². The zero-order valence-electron chi connectivity index (χ0n) is 12.3. The van der Waals surface area contributed by atoms with Gasteiger partial charge in [-0.05, 0) is 30.7 Å². The molecule has 0 bridgehead atoms. The Hall–Kier alpha value is -2.30. The second-order valence-corrected chi connectivity index (χ2v) is 4.83. The van der Waals surface area contributed by atoms with Crippen molar-refractivity contribution in [3.05, 3.63) is 48.0 Å². The highest BCUT2D eigenvalue weighted by Gasteiger charge is 2.06. The van der Waals surface area contributed by atoms with Crippen LogP contribution in [0.1, 0.15) is 42.3 Å². The summed E-state index contributed by atoms with van der Waals surface area (Å²) < 4.78 is 5.24. The van der Waals surface area contributed by atoms with E-state index in [2.05, 4.69) is 22.5 Å². The highest BCUT2D eigenvalue weighted by molar-refractivity contribution is 5.94. The average molecular weight is 287 g/mol. The van der Waals surface area contributed by atoms with Crippen LogP contribution in [-0.2, 0) is 6.54 Å². The molecule has 2 N–H and O–H groups in total. The van der Waals surface area contributed by atoms with E-state index in [1.54, 1.807) is 24.6 Å². The second kappa shape index (κ2) is 8.09. The minimum Gasteiger partial charge on any atom is -0.467 e. The molecule has 2 heterocycles. The summed E-state index contributed by atoms with van der Waals surface area (Å²) >= 11 is 0. The summed E-state index contributed by atoms with van der Waals surface area (Å²) in [6, 6.07) is 7.19. The Labute approximate surface area is 124 Å². The summed E-state index contributed by atoms with van der Waals surface area (Å²) in [6.45, 7) is 3.40. The first-order valence-corrected chi connectivity index (χ1v) is 7.30. The van der Waals surface area contributed by atoms with Crippen LogP contribution >= 0.6 is 0 Å². The van der Waals surface area contributed by atoms with E-state index in [9.17, 15) is 4.79 Å². The maximum absolute atomic E-state index is 12.0. The van der Waals surface area contributed by atoms with Crippen molar-refractivity contribution >= 4 is 11.7 Å². The van der Waals surface area contributed by atoms with Crippen LogP contribution < -0.4 is 10.6 Å². The minimum absolute atomic E-state index is 0.0606. The summed E-state index contributed by atoms with van der Waals surface area (Å²) in [5.74, 6) is 1.42. The Kier molecular flexibility index (Phi) is 5.82. The normalized spacial score (nSPS) is 10.3. The molecule has 0 radical (unpaired) electrons. The Morgan fingerprint density at radius 2 is 2.24 bits per heavy atom. The SMILES string of the molecule is CCCCCNC(=O)c1ccnc(NCc2ccco2)c1. The van der Waals surface area contributed by atoms with Gasteiger partial charge >= 0.3 is 0 Å². The molecule has 0 aliphatic rings. The topological polar surface area (TPSA) is 67.2 Å². The molecule has 0 aliphatic carbocycles. The fourth-order valence-corrected chi connectivity index (χ4v) is 1.94. The van der Waals surface area contributed by atoms with Gasteiger partial charge in [-0.3, -0.25) is 4.79 Å². The van der Waals surface area contributed by atoms with Crippen LogP contribution in [0.2, 0.25) is 0 Å². The van der Waals surface area contributed by atoms with Crippen molar-refractivity contribution in [1.29, 1.82) is 0 Å². The van der Waals surface area contributed by atoms with Crippen LogP contribution in [0, 0.1) is 0 Å². The maximum atomic E-state index is 12.0. The molecule has 112 valence electrons. The number of furan rings is 1. The number of anilines is 1. The average Bonchev–Trinajstić information content (AvgIpc) is 3.03. The van der Waals surface area contributed by atoms with E-state index in [4.69, 9.17) is 4.42 Å². The van der Waals surface area contributed by atoms with Crippen LogP contribution in [0.5, 0.6) is 0 Å². The molecule has 2 aromatic heterocycles. The molecular weight excluding hydrogens is 266 g/mol. The first-order chi connectivity index (χ1) is 10.3. The van der Waals surface area contributed by atoms with Crippen molar-refractivity contribution in [1.82, 2.24) is 10.3 Å². The van der Waals surface area contributed by atoms with Gasteiger partial charge in [0.2, 0.25) is 0 Å². The van der Waals surface area contributed by atoms with Crippen molar-refractivity contribution < 1.29 is 9.21 Å². The van der Waals surface area contributed by atoms with Gasteiger partial charge in [0.15, 0.2) is 0 Å². The molecule has 0 aromatic carbocycles. The number of nitrogens with zero attached hydrogens (tertiary/aromatic N) is 1.